The van der Waals surface area contributed by atoms with Gasteiger partial charge in [-0.1, -0.05) is 0 Å². The summed E-state index contributed by atoms with van der Waals surface area (Å²) in [5.74, 6) is -0.506. The van der Waals surface area contributed by atoms with E-state index < -0.39 is 10.0 Å². The molecule has 0 spiro atoms. The van der Waals surface area contributed by atoms with Crippen molar-refractivity contribution >= 4 is 27.5 Å². The van der Waals surface area contributed by atoms with Gasteiger partial charge in [0.25, 0.3) is 5.91 Å². The van der Waals surface area contributed by atoms with Gasteiger partial charge in [0, 0.05) is 24.2 Å². The van der Waals surface area contributed by atoms with Crippen molar-refractivity contribution in [3.8, 4) is 0 Å². The van der Waals surface area contributed by atoms with Crippen LogP contribution in [0.1, 0.15) is 43.6 Å². The van der Waals surface area contributed by atoms with Crippen molar-refractivity contribution in [1.29, 1.82) is 0 Å². The van der Waals surface area contributed by atoms with Crippen LogP contribution in [0.2, 0.25) is 0 Å². The molecule has 8 heteroatoms. The highest BCUT2D eigenvalue weighted by Gasteiger charge is 2.33. The molecule has 0 aromatic heterocycles. The van der Waals surface area contributed by atoms with Crippen LogP contribution in [-0.4, -0.2) is 56.6 Å². The van der Waals surface area contributed by atoms with E-state index in [0.717, 1.165) is 5.56 Å². The smallest absolute Gasteiger partial charge is 0.254 e. The van der Waals surface area contributed by atoms with Gasteiger partial charge in [-0.05, 0) is 57.9 Å². The molecular weight excluding hydrogens is 354 g/mol. The Morgan fingerprint density at radius 2 is 1.92 bits per heavy atom. The highest BCUT2D eigenvalue weighted by atomic mass is 32.2. The van der Waals surface area contributed by atoms with Gasteiger partial charge in [-0.2, -0.15) is 0 Å². The Morgan fingerprint density at radius 1 is 1.31 bits per heavy atom. The summed E-state index contributed by atoms with van der Waals surface area (Å²) in [6.45, 7) is 7.43. The predicted molar refractivity (Wildman–Crippen MR) is 102 cm³/mol. The third kappa shape index (κ3) is 4.55. The van der Waals surface area contributed by atoms with Crippen LogP contribution < -0.4 is 9.62 Å². The van der Waals surface area contributed by atoms with Crippen molar-refractivity contribution in [2.75, 3.05) is 24.2 Å². The topological polar surface area (TPSA) is 86.8 Å². The van der Waals surface area contributed by atoms with Crippen molar-refractivity contribution in [1.82, 2.24) is 10.2 Å². The van der Waals surface area contributed by atoms with Crippen molar-refractivity contribution in [2.45, 2.75) is 45.7 Å². The summed E-state index contributed by atoms with van der Waals surface area (Å²) in [6, 6.07) is 4.81. The first-order chi connectivity index (χ1) is 11.8. The molecule has 1 aliphatic rings. The third-order valence-corrected chi connectivity index (χ3v) is 5.35. The maximum absolute atomic E-state index is 12.6. The Morgan fingerprint density at radius 3 is 2.46 bits per heavy atom. The monoisotopic (exact) mass is 381 g/mol. The summed E-state index contributed by atoms with van der Waals surface area (Å²) in [7, 11) is -1.79. The lowest BCUT2D eigenvalue weighted by Crippen LogP contribution is -2.46. The zero-order chi connectivity index (χ0) is 19.9. The molecule has 1 N–H and O–H groups in total. The lowest BCUT2D eigenvalue weighted by Gasteiger charge is -2.24. The standard InChI is InChI=1S/C18H27N3O4S/c1-12-9-14-10-13(7-8-15(14)21(12)26(6,24)25)17(23)20(5)11-16(22)19-18(2,3)4/h7-8,10,12H,9,11H2,1-6H3,(H,19,22). The van der Waals surface area contributed by atoms with Gasteiger partial charge < -0.3 is 10.2 Å². The number of nitrogens with zero attached hydrogens (tertiary/aromatic N) is 2. The fourth-order valence-electron chi connectivity index (χ4n) is 3.21. The number of carbonyl (C=O) groups excluding carboxylic acids is 2. The second kappa shape index (κ2) is 6.90. The van der Waals surface area contributed by atoms with Crippen LogP contribution in [0, 0.1) is 0 Å². The molecule has 26 heavy (non-hydrogen) atoms. The molecule has 144 valence electrons. The first-order valence-electron chi connectivity index (χ1n) is 8.48. The molecule has 2 amide bonds. The van der Waals surface area contributed by atoms with E-state index in [9.17, 15) is 18.0 Å². The van der Waals surface area contributed by atoms with E-state index in [0.29, 0.717) is 17.7 Å². The van der Waals surface area contributed by atoms with Gasteiger partial charge in [0.05, 0.1) is 18.5 Å². The molecule has 1 heterocycles. The lowest BCUT2D eigenvalue weighted by molar-refractivity contribution is -0.122. The Kier molecular flexibility index (Phi) is 5.37. The number of likely N-dealkylation sites (N-methyl/N-ethyl adjacent to an activating group) is 1. The predicted octanol–water partition coefficient (Wildman–Crippen LogP) is 1.38. The Hall–Kier alpha value is -2.09. The molecule has 7 nitrogen and oxygen atoms in total. The highest BCUT2D eigenvalue weighted by Crippen LogP contribution is 2.34. The summed E-state index contributed by atoms with van der Waals surface area (Å²) in [6.07, 6.45) is 1.73. The number of carbonyl (C=O) groups is 2. The first kappa shape index (κ1) is 20.2. The van der Waals surface area contributed by atoms with Crippen molar-refractivity contribution in [3.63, 3.8) is 0 Å². The number of anilines is 1. The van der Waals surface area contributed by atoms with Gasteiger partial charge in [-0.3, -0.25) is 13.9 Å². The van der Waals surface area contributed by atoms with Crippen LogP contribution in [0.15, 0.2) is 18.2 Å². The maximum atomic E-state index is 12.6. The molecule has 2 rings (SSSR count). The number of hydrogen-bond acceptors (Lipinski definition) is 4. The largest absolute Gasteiger partial charge is 0.350 e. The average Bonchev–Trinajstić information content (AvgIpc) is 2.78. The minimum Gasteiger partial charge on any atom is -0.350 e. The molecule has 1 aromatic rings. The van der Waals surface area contributed by atoms with E-state index in [1.165, 1.54) is 15.5 Å². The number of amides is 2. The number of sulfonamides is 1. The van der Waals surface area contributed by atoms with Crippen LogP contribution in [0.4, 0.5) is 5.69 Å². The van der Waals surface area contributed by atoms with Gasteiger partial charge in [0.15, 0.2) is 0 Å². The van der Waals surface area contributed by atoms with Crippen molar-refractivity contribution in [3.05, 3.63) is 29.3 Å². The van der Waals surface area contributed by atoms with Gasteiger partial charge in [0.1, 0.15) is 0 Å². The molecule has 0 radical (unpaired) electrons. The SMILES string of the molecule is CC1Cc2cc(C(=O)N(C)CC(=O)NC(C)(C)C)ccc2N1S(C)(=O)=O. The van der Waals surface area contributed by atoms with E-state index in [1.807, 2.05) is 27.7 Å². The quantitative estimate of drug-likeness (QED) is 0.854. The van der Waals surface area contributed by atoms with Crippen LogP contribution in [0.25, 0.3) is 0 Å². The zero-order valence-corrected chi connectivity index (χ0v) is 17.0. The van der Waals surface area contributed by atoms with E-state index in [4.69, 9.17) is 0 Å². The summed E-state index contributed by atoms with van der Waals surface area (Å²) in [5.41, 5.74) is 1.52. The summed E-state index contributed by atoms with van der Waals surface area (Å²) in [4.78, 5) is 26.0. The van der Waals surface area contributed by atoms with Crippen LogP contribution >= 0.6 is 0 Å². The normalized spacial score (nSPS) is 17.0. The number of rotatable bonds is 4. The molecule has 0 saturated heterocycles. The second-order valence-corrected chi connectivity index (χ2v) is 9.77. The molecule has 0 aliphatic carbocycles. The van der Waals surface area contributed by atoms with Crippen LogP contribution in [0.5, 0.6) is 0 Å². The number of hydrogen-bond donors (Lipinski definition) is 1. The minimum absolute atomic E-state index is 0.0426. The maximum Gasteiger partial charge on any atom is 0.254 e. The van der Waals surface area contributed by atoms with Crippen molar-refractivity contribution < 1.29 is 18.0 Å². The van der Waals surface area contributed by atoms with E-state index in [-0.39, 0.29) is 29.9 Å². The summed E-state index contributed by atoms with van der Waals surface area (Å²) in [5, 5.41) is 2.82. The lowest BCUT2D eigenvalue weighted by atomic mass is 10.1. The molecule has 1 atom stereocenters. The third-order valence-electron chi connectivity index (χ3n) is 4.08. The summed E-state index contributed by atoms with van der Waals surface area (Å²) < 4.78 is 25.3. The molecular formula is C18H27N3O4S. The molecule has 0 fully saturated rings. The molecule has 1 aromatic carbocycles. The average molecular weight is 381 g/mol. The highest BCUT2D eigenvalue weighted by molar-refractivity contribution is 7.92. The number of benzene rings is 1. The van der Waals surface area contributed by atoms with E-state index in [1.54, 1.807) is 25.2 Å². The number of nitrogens with one attached hydrogen (secondary N) is 1. The van der Waals surface area contributed by atoms with Gasteiger partial charge in [-0.15, -0.1) is 0 Å². The molecule has 1 aliphatic heterocycles. The van der Waals surface area contributed by atoms with Crippen molar-refractivity contribution in [2.24, 2.45) is 0 Å². The van der Waals surface area contributed by atoms with Gasteiger partial charge in [-0.25, -0.2) is 8.42 Å². The molecule has 0 bridgehead atoms. The zero-order valence-electron chi connectivity index (χ0n) is 16.2. The Bertz CT molecular complexity index is 827. The minimum atomic E-state index is -3.36. The van der Waals surface area contributed by atoms with E-state index in [2.05, 4.69) is 5.32 Å². The Balaban J connectivity index is 2.17. The second-order valence-electron chi connectivity index (χ2n) is 7.91. The molecule has 0 saturated carbocycles. The van der Waals surface area contributed by atoms with Gasteiger partial charge >= 0.3 is 0 Å². The first-order valence-corrected chi connectivity index (χ1v) is 10.3. The van der Waals surface area contributed by atoms with Gasteiger partial charge in [0.2, 0.25) is 15.9 Å². The van der Waals surface area contributed by atoms with E-state index >= 15 is 0 Å². The fourth-order valence-corrected chi connectivity index (χ4v) is 4.47. The molecule has 1 unspecified atom stereocenters. The fraction of sp³-hybridized carbons (Fsp3) is 0.556. The number of fused-ring (bicyclic) bond motifs is 1. The van der Waals surface area contributed by atoms with Crippen LogP contribution in [0.3, 0.4) is 0 Å². The van der Waals surface area contributed by atoms with Crippen LogP contribution in [-0.2, 0) is 21.2 Å². The Labute approximate surface area is 155 Å². The summed E-state index contributed by atoms with van der Waals surface area (Å²) >= 11 is 0.